The zero-order chi connectivity index (χ0) is 12.6. The first kappa shape index (κ1) is 17.0. The summed E-state index contributed by atoms with van der Waals surface area (Å²) in [6.45, 7) is 2.28. The van der Waals surface area contributed by atoms with E-state index in [0.29, 0.717) is 0 Å². The second-order valence-corrected chi connectivity index (χ2v) is 5.25. The minimum absolute atomic E-state index is 1.23. The van der Waals surface area contributed by atoms with Crippen molar-refractivity contribution in [2.75, 3.05) is 0 Å². The summed E-state index contributed by atoms with van der Waals surface area (Å²) in [4.78, 5) is 1.89. The fraction of sp³-hybridized carbons (Fsp3) is 0.750. The molecule has 0 spiro atoms. The number of unbranched alkanes of at least 4 members (excludes halogenated alkanes) is 10. The van der Waals surface area contributed by atoms with Gasteiger partial charge in [-0.2, -0.15) is 0 Å². The Kier molecular flexibility index (Phi) is 15.9. The van der Waals surface area contributed by atoms with Crippen molar-refractivity contribution < 1.29 is 0 Å². The summed E-state index contributed by atoms with van der Waals surface area (Å²) in [5.74, 6) is 0. The van der Waals surface area contributed by atoms with Crippen molar-refractivity contribution >= 4 is 15.9 Å². The highest BCUT2D eigenvalue weighted by molar-refractivity contribution is 9.11. The van der Waals surface area contributed by atoms with E-state index in [1.807, 2.05) is 11.1 Å². The van der Waals surface area contributed by atoms with E-state index in [4.69, 9.17) is 0 Å². The minimum atomic E-state index is 1.23. The molecule has 0 saturated heterocycles. The molecule has 0 fully saturated rings. The van der Waals surface area contributed by atoms with Crippen LogP contribution >= 0.6 is 15.9 Å². The van der Waals surface area contributed by atoms with Crippen LogP contribution in [0.4, 0.5) is 0 Å². The van der Waals surface area contributed by atoms with Crippen molar-refractivity contribution in [3.05, 3.63) is 23.2 Å². The van der Waals surface area contributed by atoms with E-state index in [9.17, 15) is 0 Å². The Hall–Kier alpha value is -0.0400. The van der Waals surface area contributed by atoms with Crippen LogP contribution in [0.5, 0.6) is 0 Å². The van der Waals surface area contributed by atoms with Gasteiger partial charge in [-0.25, -0.2) is 0 Å². The van der Waals surface area contributed by atoms with Gasteiger partial charge in [-0.1, -0.05) is 98.9 Å². The molecule has 0 rings (SSSR count). The van der Waals surface area contributed by atoms with Gasteiger partial charge in [-0.15, -0.1) is 0 Å². The Bertz CT molecular complexity index is 182. The molecular weight excluding hydrogens is 272 g/mol. The molecule has 0 N–H and O–H groups in total. The maximum absolute atomic E-state index is 3.25. The fourth-order valence-corrected chi connectivity index (χ4v) is 2.14. The van der Waals surface area contributed by atoms with Crippen LogP contribution in [0.2, 0.25) is 0 Å². The average Bonchev–Trinajstić information content (AvgIpc) is 2.35. The van der Waals surface area contributed by atoms with Gasteiger partial charge < -0.3 is 0 Å². The zero-order valence-electron chi connectivity index (χ0n) is 11.5. The van der Waals surface area contributed by atoms with E-state index in [1.54, 1.807) is 0 Å². The second kappa shape index (κ2) is 16.0. The van der Waals surface area contributed by atoms with Gasteiger partial charge >= 0.3 is 0 Å². The zero-order valence-corrected chi connectivity index (χ0v) is 13.1. The predicted molar refractivity (Wildman–Crippen MR) is 83.7 cm³/mol. The third kappa shape index (κ3) is 16.0. The lowest BCUT2D eigenvalue weighted by atomic mass is 10.1. The topological polar surface area (TPSA) is 0 Å². The number of hydrogen-bond donors (Lipinski definition) is 0. The molecule has 1 heteroatoms. The monoisotopic (exact) mass is 300 g/mol. The molecule has 100 valence electrons. The Morgan fingerprint density at radius 2 is 1.24 bits per heavy atom. The molecule has 0 aliphatic heterocycles. The quantitative estimate of drug-likeness (QED) is 0.276. The van der Waals surface area contributed by atoms with Crippen molar-refractivity contribution in [2.24, 2.45) is 0 Å². The van der Waals surface area contributed by atoms with Crippen LogP contribution in [0.25, 0.3) is 0 Å². The Balaban J connectivity index is 2.98. The Labute approximate surface area is 117 Å². The molecule has 0 nitrogen and oxygen atoms in total. The molecule has 0 bridgehead atoms. The van der Waals surface area contributed by atoms with Crippen molar-refractivity contribution in [3.63, 3.8) is 0 Å². The predicted octanol–water partition coefficient (Wildman–Crippen LogP) is 6.76. The van der Waals surface area contributed by atoms with Crippen molar-refractivity contribution in [3.8, 4) is 0 Å². The van der Waals surface area contributed by atoms with Gasteiger partial charge in [0.1, 0.15) is 0 Å². The van der Waals surface area contributed by atoms with E-state index < -0.39 is 0 Å². The molecule has 0 aliphatic rings. The van der Waals surface area contributed by atoms with Crippen molar-refractivity contribution in [2.45, 2.75) is 77.6 Å². The highest BCUT2D eigenvalue weighted by Crippen LogP contribution is 2.11. The Morgan fingerprint density at radius 3 is 1.76 bits per heavy atom. The van der Waals surface area contributed by atoms with Gasteiger partial charge in [0.2, 0.25) is 0 Å². The first-order valence-electron chi connectivity index (χ1n) is 7.33. The van der Waals surface area contributed by atoms with Gasteiger partial charge in [0.25, 0.3) is 0 Å². The van der Waals surface area contributed by atoms with Crippen molar-refractivity contribution in [1.82, 2.24) is 0 Å². The third-order valence-corrected chi connectivity index (χ3v) is 3.35. The van der Waals surface area contributed by atoms with E-state index in [0.717, 1.165) is 0 Å². The lowest BCUT2D eigenvalue weighted by Crippen LogP contribution is -1.81. The number of rotatable bonds is 12. The highest BCUT2D eigenvalue weighted by Gasteiger charge is 1.91. The van der Waals surface area contributed by atoms with E-state index in [-0.39, 0.29) is 0 Å². The van der Waals surface area contributed by atoms with Gasteiger partial charge in [-0.05, 0) is 17.8 Å². The van der Waals surface area contributed by atoms with Gasteiger partial charge in [-0.3, -0.25) is 0 Å². The summed E-state index contributed by atoms with van der Waals surface area (Å²) in [5.41, 5.74) is 0. The standard InChI is InChI=1S/C16H29Br/c1-2-3-4-5-6-7-8-9-10-11-12-13-14-15-16-17/h13-16H,2-12H2,1H3. The van der Waals surface area contributed by atoms with E-state index >= 15 is 0 Å². The molecule has 0 atom stereocenters. The summed E-state index contributed by atoms with van der Waals surface area (Å²) < 4.78 is 0. The lowest BCUT2D eigenvalue weighted by molar-refractivity contribution is 0.557. The van der Waals surface area contributed by atoms with Gasteiger partial charge in [0, 0.05) is 0 Å². The largest absolute Gasteiger partial charge is 0.0845 e. The molecule has 0 radical (unpaired) electrons. The SMILES string of the molecule is CCCCCCCCCCCCC=CC=CBr. The van der Waals surface area contributed by atoms with Crippen molar-refractivity contribution in [1.29, 1.82) is 0 Å². The summed E-state index contributed by atoms with van der Waals surface area (Å²) >= 11 is 3.25. The normalized spacial score (nSPS) is 11.9. The molecule has 0 aromatic heterocycles. The van der Waals surface area contributed by atoms with Crippen LogP contribution in [-0.2, 0) is 0 Å². The van der Waals surface area contributed by atoms with E-state index in [2.05, 4.69) is 35.0 Å². The molecule has 0 aliphatic carbocycles. The average molecular weight is 301 g/mol. The summed E-state index contributed by atoms with van der Waals surface area (Å²) in [7, 11) is 0. The highest BCUT2D eigenvalue weighted by atomic mass is 79.9. The molecule has 17 heavy (non-hydrogen) atoms. The smallest absolute Gasteiger partial charge is 0.0189 e. The van der Waals surface area contributed by atoms with Crippen LogP contribution < -0.4 is 0 Å². The van der Waals surface area contributed by atoms with Crippen LogP contribution in [0.3, 0.4) is 0 Å². The molecule has 0 amide bonds. The van der Waals surface area contributed by atoms with Crippen LogP contribution in [-0.4, -0.2) is 0 Å². The first-order valence-corrected chi connectivity index (χ1v) is 8.25. The van der Waals surface area contributed by atoms with Crippen LogP contribution in [0.15, 0.2) is 23.2 Å². The molecule has 0 saturated carbocycles. The lowest BCUT2D eigenvalue weighted by Gasteiger charge is -2.01. The maximum atomic E-state index is 3.25. The van der Waals surface area contributed by atoms with Gasteiger partial charge in [0.15, 0.2) is 0 Å². The molecule has 0 heterocycles. The fourth-order valence-electron chi connectivity index (χ4n) is 1.97. The maximum Gasteiger partial charge on any atom is -0.0189 e. The summed E-state index contributed by atoms with van der Waals surface area (Å²) in [6.07, 6.45) is 21.8. The second-order valence-electron chi connectivity index (χ2n) is 4.72. The summed E-state index contributed by atoms with van der Waals surface area (Å²) in [6, 6.07) is 0. The van der Waals surface area contributed by atoms with Crippen LogP contribution in [0.1, 0.15) is 77.6 Å². The molecule has 0 unspecified atom stereocenters. The van der Waals surface area contributed by atoms with Gasteiger partial charge in [0.05, 0.1) is 0 Å². The summed E-state index contributed by atoms with van der Waals surface area (Å²) in [5, 5.41) is 0. The first-order chi connectivity index (χ1) is 8.41. The van der Waals surface area contributed by atoms with Crippen LogP contribution in [0, 0.1) is 0 Å². The molecule has 0 aromatic carbocycles. The third-order valence-electron chi connectivity index (χ3n) is 3.04. The molecular formula is C16H29Br. The number of hydrogen-bond acceptors (Lipinski definition) is 0. The molecule has 0 aromatic rings. The van der Waals surface area contributed by atoms with E-state index in [1.165, 1.54) is 70.6 Å². The number of allylic oxidation sites excluding steroid dienone is 3. The number of halogens is 1. The minimum Gasteiger partial charge on any atom is -0.0845 e. The Morgan fingerprint density at radius 1 is 0.706 bits per heavy atom.